The van der Waals surface area contributed by atoms with Crippen molar-refractivity contribution in [1.29, 1.82) is 0 Å². The summed E-state index contributed by atoms with van der Waals surface area (Å²) in [5, 5.41) is 7.23. The third-order valence-electron chi connectivity index (χ3n) is 5.62. The fraction of sp³-hybridized carbons (Fsp3) is 0.765. The van der Waals surface area contributed by atoms with Crippen molar-refractivity contribution in [2.24, 2.45) is 5.92 Å². The number of carbonyl (C=O) groups is 1. The lowest BCUT2D eigenvalue weighted by Crippen LogP contribution is -2.71. The maximum Gasteiger partial charge on any atom is 0.220 e. The lowest BCUT2D eigenvalue weighted by molar-refractivity contribution is -0.130. The summed E-state index contributed by atoms with van der Waals surface area (Å²) in [5.74, 6) is 1.19. The maximum absolute atomic E-state index is 12.4. The molecule has 24 heavy (non-hydrogen) atoms. The van der Waals surface area contributed by atoms with Crippen LogP contribution in [0.5, 0.6) is 0 Å². The van der Waals surface area contributed by atoms with E-state index in [1.165, 1.54) is 19.3 Å². The number of fused-ring (bicyclic) bond motifs is 1. The molecule has 4 rings (SSSR count). The van der Waals surface area contributed by atoms with Crippen LogP contribution in [0.4, 0.5) is 0 Å². The van der Waals surface area contributed by atoms with Gasteiger partial charge in [-0.2, -0.15) is 0 Å². The van der Waals surface area contributed by atoms with Crippen molar-refractivity contribution >= 4 is 17.5 Å². The molecule has 6 nitrogen and oxygen atoms in total. The van der Waals surface area contributed by atoms with Crippen molar-refractivity contribution in [1.82, 2.24) is 15.4 Å². The molecule has 2 saturated heterocycles. The zero-order chi connectivity index (χ0) is 16.5. The normalized spacial score (nSPS) is 33.0. The Hall–Kier alpha value is -1.11. The standard InChI is InChI=1S/C17H24ClN3O3/c18-13-10-11(24-20-13)4-5-14(22)19-15-12-6-9-23-17(12)16(15)21-7-2-1-3-8-21/h10,12,15-17H,1-9H2,(H,19,22)/t12-,15+,16-,17-/m1/s1. The maximum atomic E-state index is 12.4. The van der Waals surface area contributed by atoms with Crippen molar-refractivity contribution in [3.05, 3.63) is 17.0 Å². The Kier molecular flexibility index (Phi) is 4.79. The predicted molar refractivity (Wildman–Crippen MR) is 88.8 cm³/mol. The van der Waals surface area contributed by atoms with Gasteiger partial charge >= 0.3 is 0 Å². The smallest absolute Gasteiger partial charge is 0.220 e. The molecule has 1 N–H and O–H groups in total. The van der Waals surface area contributed by atoms with Crippen LogP contribution in [-0.2, 0) is 16.0 Å². The molecular formula is C17H24ClN3O3. The number of hydrogen-bond donors (Lipinski definition) is 1. The molecule has 1 saturated carbocycles. The number of aryl methyl sites for hydroxylation is 1. The molecule has 3 fully saturated rings. The van der Waals surface area contributed by atoms with E-state index in [4.69, 9.17) is 20.9 Å². The molecule has 7 heteroatoms. The molecule has 132 valence electrons. The van der Waals surface area contributed by atoms with Gasteiger partial charge in [-0.3, -0.25) is 9.69 Å². The van der Waals surface area contributed by atoms with E-state index in [9.17, 15) is 4.79 Å². The molecule has 2 aliphatic heterocycles. The molecule has 0 radical (unpaired) electrons. The Bertz CT molecular complexity index is 587. The second kappa shape index (κ2) is 7.02. The van der Waals surface area contributed by atoms with Gasteiger partial charge in [-0.05, 0) is 32.4 Å². The highest BCUT2D eigenvalue weighted by molar-refractivity contribution is 6.29. The van der Waals surface area contributed by atoms with E-state index < -0.39 is 0 Å². The lowest BCUT2D eigenvalue weighted by atomic mass is 9.70. The van der Waals surface area contributed by atoms with E-state index in [1.807, 2.05) is 0 Å². The SMILES string of the molecule is O=C(CCc1cc(Cl)no1)N[C@H]1[C@H]2CCO[C@H]2[C@@H]1N1CCCCC1. The summed E-state index contributed by atoms with van der Waals surface area (Å²) in [6.07, 6.45) is 6.10. The van der Waals surface area contributed by atoms with Crippen LogP contribution < -0.4 is 5.32 Å². The van der Waals surface area contributed by atoms with E-state index >= 15 is 0 Å². The highest BCUT2D eigenvalue weighted by Crippen LogP contribution is 2.42. The van der Waals surface area contributed by atoms with Crippen LogP contribution in [-0.4, -0.2) is 53.8 Å². The van der Waals surface area contributed by atoms with E-state index in [2.05, 4.69) is 15.4 Å². The second-order valence-electron chi connectivity index (χ2n) is 7.08. The minimum Gasteiger partial charge on any atom is -0.376 e. The average molecular weight is 354 g/mol. The number of aromatic nitrogens is 1. The summed E-state index contributed by atoms with van der Waals surface area (Å²) in [7, 11) is 0. The van der Waals surface area contributed by atoms with Gasteiger partial charge in [-0.25, -0.2) is 0 Å². The monoisotopic (exact) mass is 353 g/mol. The van der Waals surface area contributed by atoms with Crippen LogP contribution in [0.25, 0.3) is 0 Å². The third kappa shape index (κ3) is 3.19. The third-order valence-corrected chi connectivity index (χ3v) is 5.80. The summed E-state index contributed by atoms with van der Waals surface area (Å²) in [6.45, 7) is 3.07. The Morgan fingerprint density at radius 3 is 2.96 bits per heavy atom. The first-order valence-corrected chi connectivity index (χ1v) is 9.36. The van der Waals surface area contributed by atoms with Crippen molar-refractivity contribution in [2.45, 2.75) is 56.7 Å². The van der Waals surface area contributed by atoms with Gasteiger partial charge in [-0.1, -0.05) is 23.2 Å². The quantitative estimate of drug-likeness (QED) is 0.877. The van der Waals surface area contributed by atoms with Crippen molar-refractivity contribution in [3.63, 3.8) is 0 Å². The number of piperidine rings is 1. The number of nitrogens with one attached hydrogen (secondary N) is 1. The first-order valence-electron chi connectivity index (χ1n) is 8.98. The van der Waals surface area contributed by atoms with Gasteiger partial charge in [0.15, 0.2) is 5.15 Å². The summed E-state index contributed by atoms with van der Waals surface area (Å²) < 4.78 is 11.0. The van der Waals surface area contributed by atoms with Gasteiger partial charge in [0.2, 0.25) is 5.91 Å². The molecule has 1 amide bonds. The minimum absolute atomic E-state index is 0.0693. The minimum atomic E-state index is 0.0693. The van der Waals surface area contributed by atoms with Crippen LogP contribution >= 0.6 is 11.6 Å². The number of amides is 1. The van der Waals surface area contributed by atoms with Crippen molar-refractivity contribution < 1.29 is 14.1 Å². The Balaban J connectivity index is 1.34. The summed E-state index contributed by atoms with van der Waals surface area (Å²) in [5.41, 5.74) is 0. The van der Waals surface area contributed by atoms with Gasteiger partial charge in [0.25, 0.3) is 0 Å². The number of likely N-dealkylation sites (tertiary alicyclic amines) is 1. The first-order chi connectivity index (χ1) is 11.7. The van der Waals surface area contributed by atoms with Crippen LogP contribution in [0.15, 0.2) is 10.6 Å². The highest BCUT2D eigenvalue weighted by Gasteiger charge is 2.56. The number of carbonyl (C=O) groups excluding carboxylic acids is 1. The Labute approximate surface area is 146 Å². The molecular weight excluding hydrogens is 330 g/mol. The molecule has 0 spiro atoms. The number of nitrogens with zero attached hydrogens (tertiary/aromatic N) is 2. The molecule has 1 aromatic heterocycles. The molecule has 1 aromatic rings. The molecule has 0 aromatic carbocycles. The molecule has 4 atom stereocenters. The number of halogens is 1. The number of rotatable bonds is 5. The molecule has 1 aliphatic carbocycles. The summed E-state index contributed by atoms with van der Waals surface area (Å²) in [4.78, 5) is 14.9. The summed E-state index contributed by atoms with van der Waals surface area (Å²) in [6, 6.07) is 2.23. The fourth-order valence-electron chi connectivity index (χ4n) is 4.42. The van der Waals surface area contributed by atoms with Crippen molar-refractivity contribution in [3.8, 4) is 0 Å². The number of ether oxygens (including phenoxy) is 1. The average Bonchev–Trinajstić information content (AvgIpc) is 3.18. The van der Waals surface area contributed by atoms with E-state index in [0.29, 0.717) is 41.8 Å². The van der Waals surface area contributed by atoms with Gasteiger partial charge in [-0.15, -0.1) is 0 Å². The van der Waals surface area contributed by atoms with Crippen LogP contribution in [0.3, 0.4) is 0 Å². The largest absolute Gasteiger partial charge is 0.376 e. The van der Waals surface area contributed by atoms with Gasteiger partial charge in [0, 0.05) is 31.4 Å². The number of hydrogen-bond acceptors (Lipinski definition) is 5. The van der Waals surface area contributed by atoms with Gasteiger partial charge in [0.05, 0.1) is 18.2 Å². The van der Waals surface area contributed by atoms with E-state index in [1.54, 1.807) is 6.07 Å². The van der Waals surface area contributed by atoms with E-state index in [0.717, 1.165) is 26.1 Å². The Morgan fingerprint density at radius 1 is 1.38 bits per heavy atom. The second-order valence-corrected chi connectivity index (χ2v) is 7.47. The lowest BCUT2D eigenvalue weighted by Gasteiger charge is -2.53. The predicted octanol–water partition coefficient (Wildman–Crippen LogP) is 2.02. The molecule has 0 bridgehead atoms. The van der Waals surface area contributed by atoms with Crippen LogP contribution in [0.2, 0.25) is 5.15 Å². The van der Waals surface area contributed by atoms with E-state index in [-0.39, 0.29) is 11.9 Å². The highest BCUT2D eigenvalue weighted by atomic mass is 35.5. The zero-order valence-corrected chi connectivity index (χ0v) is 14.5. The first kappa shape index (κ1) is 16.4. The van der Waals surface area contributed by atoms with Crippen LogP contribution in [0, 0.1) is 5.92 Å². The van der Waals surface area contributed by atoms with Gasteiger partial charge < -0.3 is 14.6 Å². The molecule has 3 heterocycles. The van der Waals surface area contributed by atoms with Crippen LogP contribution in [0.1, 0.15) is 37.9 Å². The van der Waals surface area contributed by atoms with Crippen molar-refractivity contribution in [2.75, 3.05) is 19.7 Å². The summed E-state index contributed by atoms with van der Waals surface area (Å²) >= 11 is 5.73. The topological polar surface area (TPSA) is 67.6 Å². The molecule has 0 unspecified atom stereocenters. The fourth-order valence-corrected chi connectivity index (χ4v) is 4.58. The molecule has 3 aliphatic rings. The van der Waals surface area contributed by atoms with Gasteiger partial charge in [0.1, 0.15) is 5.76 Å². The Morgan fingerprint density at radius 2 is 2.21 bits per heavy atom. The zero-order valence-electron chi connectivity index (χ0n) is 13.7.